The van der Waals surface area contributed by atoms with E-state index in [9.17, 15) is 0 Å². The summed E-state index contributed by atoms with van der Waals surface area (Å²) >= 11 is 0. The van der Waals surface area contributed by atoms with Gasteiger partial charge in [0.05, 0.1) is 22.3 Å². The van der Waals surface area contributed by atoms with E-state index in [2.05, 4.69) is 187 Å². The lowest BCUT2D eigenvalue weighted by molar-refractivity contribution is 0.224. The minimum absolute atomic E-state index is 0.0171. The standard InChI is InChI=1S/C51H32N4O/c1-3-14-34-29-36(23-21-31(34)11-1)49-52-50(37-24-22-32-12-2-4-15-35(32)30-37)54-51(53-49)42-27-28-45(55-43-19-9-7-17-39(43)40-18-8-10-20-44(40)55)46-41-26-25-33-13-5-6-16-38(33)47(41)56-48(42)46/h1-30,41,47H. The van der Waals surface area contributed by atoms with Crippen LogP contribution in [0.5, 0.6) is 5.75 Å². The van der Waals surface area contributed by atoms with Crippen LogP contribution in [0.15, 0.2) is 176 Å². The highest BCUT2D eigenvalue weighted by Crippen LogP contribution is 2.56. The Morgan fingerprint density at radius 3 is 1.70 bits per heavy atom. The van der Waals surface area contributed by atoms with Crippen molar-refractivity contribution < 1.29 is 4.74 Å². The molecule has 0 fully saturated rings. The zero-order valence-electron chi connectivity index (χ0n) is 30.2. The number of rotatable bonds is 4. The van der Waals surface area contributed by atoms with Gasteiger partial charge in [0.2, 0.25) is 0 Å². The van der Waals surface area contributed by atoms with Crippen molar-refractivity contribution in [2.75, 3.05) is 0 Å². The predicted molar refractivity (Wildman–Crippen MR) is 227 cm³/mol. The smallest absolute Gasteiger partial charge is 0.167 e. The van der Waals surface area contributed by atoms with Crippen molar-refractivity contribution in [3.63, 3.8) is 0 Å². The Bertz CT molecular complexity index is 3120. The molecule has 1 aliphatic heterocycles. The molecule has 8 aromatic carbocycles. The summed E-state index contributed by atoms with van der Waals surface area (Å²) in [5.41, 5.74) is 9.60. The largest absolute Gasteiger partial charge is 0.484 e. The van der Waals surface area contributed by atoms with E-state index in [1.54, 1.807) is 0 Å². The van der Waals surface area contributed by atoms with E-state index >= 15 is 0 Å². The summed E-state index contributed by atoms with van der Waals surface area (Å²) in [5, 5.41) is 7.05. The van der Waals surface area contributed by atoms with Crippen LogP contribution in [0.25, 0.3) is 89.3 Å². The Hall–Kier alpha value is -7.37. The molecule has 1 aliphatic carbocycles. The summed E-state index contributed by atoms with van der Waals surface area (Å²) in [6.45, 7) is 0. The Kier molecular flexibility index (Phi) is 6.69. The molecule has 5 heteroatoms. The second-order valence-electron chi connectivity index (χ2n) is 14.7. The van der Waals surface area contributed by atoms with E-state index in [-0.39, 0.29) is 12.0 Å². The number of benzene rings is 8. The zero-order chi connectivity index (χ0) is 36.7. The molecule has 0 spiro atoms. The number of aromatic nitrogens is 4. The fourth-order valence-electron chi connectivity index (χ4n) is 8.94. The van der Waals surface area contributed by atoms with E-state index in [0.717, 1.165) is 55.5 Å². The summed E-state index contributed by atoms with van der Waals surface area (Å²) in [5.74, 6) is 2.60. The predicted octanol–water partition coefficient (Wildman–Crippen LogP) is 12.5. The minimum Gasteiger partial charge on any atom is -0.484 e. The number of nitrogens with zero attached hydrogens (tertiary/aromatic N) is 4. The van der Waals surface area contributed by atoms with Gasteiger partial charge in [-0.1, -0.05) is 146 Å². The number of fused-ring (bicyclic) bond motifs is 10. The molecular formula is C51H32N4O. The second kappa shape index (κ2) is 12.1. The fourth-order valence-corrected chi connectivity index (χ4v) is 8.94. The number of ether oxygens (including phenoxy) is 1. The Balaban J connectivity index is 1.12. The van der Waals surface area contributed by atoms with Gasteiger partial charge in [-0.15, -0.1) is 0 Å². The van der Waals surface area contributed by atoms with Crippen molar-refractivity contribution in [2.45, 2.75) is 12.0 Å². The lowest BCUT2D eigenvalue weighted by atomic mass is 9.83. The number of para-hydroxylation sites is 2. The summed E-state index contributed by atoms with van der Waals surface area (Å²) in [6.07, 6.45) is 4.37. The first-order valence-electron chi connectivity index (χ1n) is 19.1. The molecule has 12 rings (SSSR count). The van der Waals surface area contributed by atoms with Crippen LogP contribution in [0.3, 0.4) is 0 Å². The highest BCUT2D eigenvalue weighted by atomic mass is 16.5. The summed E-state index contributed by atoms with van der Waals surface area (Å²) in [7, 11) is 0. The van der Waals surface area contributed by atoms with E-state index in [1.807, 2.05) is 0 Å². The van der Waals surface area contributed by atoms with Crippen molar-refractivity contribution in [1.29, 1.82) is 0 Å². The van der Waals surface area contributed by atoms with Crippen LogP contribution in [0, 0.1) is 0 Å². The average molecular weight is 717 g/mol. The van der Waals surface area contributed by atoms with Crippen molar-refractivity contribution in [3.05, 3.63) is 193 Å². The van der Waals surface area contributed by atoms with Crippen LogP contribution >= 0.6 is 0 Å². The molecule has 0 saturated carbocycles. The van der Waals surface area contributed by atoms with Gasteiger partial charge in [0.15, 0.2) is 17.5 Å². The molecule has 0 N–H and O–H groups in total. The van der Waals surface area contributed by atoms with Gasteiger partial charge in [-0.3, -0.25) is 0 Å². The molecule has 2 unspecified atom stereocenters. The topological polar surface area (TPSA) is 52.8 Å². The first kappa shape index (κ1) is 31.0. The van der Waals surface area contributed by atoms with Crippen molar-refractivity contribution in [1.82, 2.24) is 19.5 Å². The minimum atomic E-state index is -0.194. The summed E-state index contributed by atoms with van der Waals surface area (Å²) in [4.78, 5) is 15.7. The molecule has 2 aromatic heterocycles. The zero-order valence-corrected chi connectivity index (χ0v) is 30.2. The Morgan fingerprint density at radius 2 is 1.04 bits per heavy atom. The highest BCUT2D eigenvalue weighted by molar-refractivity contribution is 6.09. The van der Waals surface area contributed by atoms with Crippen molar-refractivity contribution in [3.8, 4) is 45.6 Å². The van der Waals surface area contributed by atoms with E-state index in [1.165, 1.54) is 32.7 Å². The van der Waals surface area contributed by atoms with Crippen LogP contribution in [0.2, 0.25) is 0 Å². The molecule has 0 bridgehead atoms. The first-order valence-corrected chi connectivity index (χ1v) is 19.1. The second-order valence-corrected chi connectivity index (χ2v) is 14.7. The van der Waals surface area contributed by atoms with E-state index in [4.69, 9.17) is 19.7 Å². The molecular weight excluding hydrogens is 685 g/mol. The van der Waals surface area contributed by atoms with Gasteiger partial charge in [0, 0.05) is 38.9 Å². The maximum atomic E-state index is 7.23. The molecule has 2 aliphatic rings. The molecule has 262 valence electrons. The van der Waals surface area contributed by atoms with Crippen molar-refractivity contribution in [2.24, 2.45) is 0 Å². The number of hydrogen-bond donors (Lipinski definition) is 0. The Labute approximate surface area is 322 Å². The SMILES string of the molecule is C1=CC2c3c(-n4c5ccccc5c5ccccc54)ccc(-c4nc(-c5ccc6ccccc6c5)nc(-c5ccc6ccccc6c5)n4)c3OC2c2ccccc21. The van der Waals surface area contributed by atoms with Gasteiger partial charge in [0.25, 0.3) is 0 Å². The maximum absolute atomic E-state index is 7.23. The normalized spacial score (nSPS) is 15.6. The fraction of sp³-hybridized carbons (Fsp3) is 0.0392. The van der Waals surface area contributed by atoms with Gasteiger partial charge in [0.1, 0.15) is 11.9 Å². The van der Waals surface area contributed by atoms with Gasteiger partial charge in [-0.25, -0.2) is 15.0 Å². The quantitative estimate of drug-likeness (QED) is 0.182. The third kappa shape index (κ3) is 4.71. The molecule has 2 atom stereocenters. The first-order chi connectivity index (χ1) is 27.7. The van der Waals surface area contributed by atoms with Gasteiger partial charge in [-0.2, -0.15) is 0 Å². The average Bonchev–Trinajstić information content (AvgIpc) is 3.83. The summed E-state index contributed by atoms with van der Waals surface area (Å²) in [6, 6.07) is 59.9. The lowest BCUT2D eigenvalue weighted by Gasteiger charge is -2.23. The summed E-state index contributed by atoms with van der Waals surface area (Å²) < 4.78 is 9.63. The molecule has 10 aromatic rings. The van der Waals surface area contributed by atoms with Gasteiger partial charge < -0.3 is 9.30 Å². The lowest BCUT2D eigenvalue weighted by Crippen LogP contribution is -2.13. The molecule has 0 saturated heterocycles. The number of hydrogen-bond acceptors (Lipinski definition) is 4. The van der Waals surface area contributed by atoms with Crippen LogP contribution in [-0.4, -0.2) is 19.5 Å². The molecule has 0 amide bonds. The van der Waals surface area contributed by atoms with Crippen LogP contribution in [-0.2, 0) is 0 Å². The van der Waals surface area contributed by atoms with E-state index < -0.39 is 0 Å². The van der Waals surface area contributed by atoms with Gasteiger partial charge in [-0.05, 0) is 63.5 Å². The highest BCUT2D eigenvalue weighted by Gasteiger charge is 2.41. The van der Waals surface area contributed by atoms with Crippen LogP contribution in [0.4, 0.5) is 0 Å². The maximum Gasteiger partial charge on any atom is 0.167 e. The van der Waals surface area contributed by atoms with Gasteiger partial charge >= 0.3 is 0 Å². The molecule has 56 heavy (non-hydrogen) atoms. The molecule has 3 heterocycles. The Morgan fingerprint density at radius 1 is 0.482 bits per heavy atom. The van der Waals surface area contributed by atoms with E-state index in [0.29, 0.717) is 17.5 Å². The monoisotopic (exact) mass is 716 g/mol. The molecule has 0 radical (unpaired) electrons. The van der Waals surface area contributed by atoms with Crippen LogP contribution < -0.4 is 4.74 Å². The van der Waals surface area contributed by atoms with Crippen LogP contribution in [0.1, 0.15) is 28.7 Å². The third-order valence-corrected chi connectivity index (χ3v) is 11.6. The molecule has 5 nitrogen and oxygen atoms in total. The van der Waals surface area contributed by atoms with Crippen molar-refractivity contribution >= 4 is 49.4 Å². The third-order valence-electron chi connectivity index (χ3n) is 11.6.